The number of rotatable bonds is 6. The average Bonchev–Trinajstić information content (AvgIpc) is 3.11. The minimum Gasteiger partial charge on any atom is -0.356 e. The molecular formula is C15H24IN5OS. The first-order valence-corrected chi connectivity index (χ1v) is 8.22. The van der Waals surface area contributed by atoms with Crippen LogP contribution in [0.5, 0.6) is 0 Å². The van der Waals surface area contributed by atoms with Gasteiger partial charge in [-0.05, 0) is 19.1 Å². The predicted molar refractivity (Wildman–Crippen MR) is 105 cm³/mol. The van der Waals surface area contributed by atoms with E-state index in [4.69, 9.17) is 4.52 Å². The first-order valence-electron chi connectivity index (χ1n) is 7.40. The van der Waals surface area contributed by atoms with Gasteiger partial charge >= 0.3 is 0 Å². The first kappa shape index (κ1) is 19.9. The van der Waals surface area contributed by atoms with Gasteiger partial charge in [0.15, 0.2) is 11.8 Å². The molecule has 0 fully saturated rings. The smallest absolute Gasteiger partial charge is 0.228 e. The first-order chi connectivity index (χ1) is 10.6. The maximum absolute atomic E-state index is 5.21. The molecule has 0 aliphatic carbocycles. The van der Waals surface area contributed by atoms with E-state index < -0.39 is 0 Å². The van der Waals surface area contributed by atoms with Crippen LogP contribution in [0.3, 0.4) is 0 Å². The number of hydrogen-bond donors (Lipinski definition) is 2. The molecule has 23 heavy (non-hydrogen) atoms. The molecular weight excluding hydrogens is 425 g/mol. The Bertz CT molecular complexity index is 623. The van der Waals surface area contributed by atoms with Crippen molar-refractivity contribution >= 4 is 41.3 Å². The summed E-state index contributed by atoms with van der Waals surface area (Å²) in [6.45, 7) is 7.67. The molecule has 0 saturated heterocycles. The third-order valence-electron chi connectivity index (χ3n) is 3.08. The molecule has 6 nitrogen and oxygen atoms in total. The highest BCUT2D eigenvalue weighted by molar-refractivity contribution is 14.0. The van der Waals surface area contributed by atoms with E-state index in [1.54, 1.807) is 18.4 Å². The van der Waals surface area contributed by atoms with Crippen molar-refractivity contribution in [2.75, 3.05) is 13.6 Å². The van der Waals surface area contributed by atoms with E-state index in [-0.39, 0.29) is 29.9 Å². The molecule has 0 amide bonds. The number of nitrogens with zero attached hydrogens (tertiary/aromatic N) is 3. The number of hydrogen-bond acceptors (Lipinski definition) is 5. The molecule has 2 heterocycles. The van der Waals surface area contributed by atoms with Crippen molar-refractivity contribution in [2.24, 2.45) is 4.99 Å². The summed E-state index contributed by atoms with van der Waals surface area (Å²) in [5, 5.41) is 10.5. The van der Waals surface area contributed by atoms with E-state index in [0.717, 1.165) is 18.3 Å². The van der Waals surface area contributed by atoms with Crippen molar-refractivity contribution in [1.29, 1.82) is 0 Å². The number of guanidine groups is 1. The Morgan fingerprint density at radius 1 is 1.35 bits per heavy atom. The van der Waals surface area contributed by atoms with E-state index in [0.29, 0.717) is 18.9 Å². The molecule has 0 unspecified atom stereocenters. The van der Waals surface area contributed by atoms with Gasteiger partial charge in [-0.3, -0.25) is 4.99 Å². The van der Waals surface area contributed by atoms with Crippen LogP contribution in [0, 0.1) is 6.92 Å². The highest BCUT2D eigenvalue weighted by Gasteiger charge is 2.09. The number of aryl methyl sites for hydroxylation is 1. The molecule has 0 saturated carbocycles. The Labute approximate surface area is 158 Å². The Morgan fingerprint density at radius 3 is 2.70 bits per heavy atom. The van der Waals surface area contributed by atoms with Crippen molar-refractivity contribution in [3.63, 3.8) is 0 Å². The fourth-order valence-electron chi connectivity index (χ4n) is 1.86. The Kier molecular flexibility index (Phi) is 8.53. The fraction of sp³-hybridized carbons (Fsp3) is 0.533. The van der Waals surface area contributed by atoms with Gasteiger partial charge < -0.3 is 15.2 Å². The van der Waals surface area contributed by atoms with Crippen LogP contribution in [0.15, 0.2) is 21.6 Å². The lowest BCUT2D eigenvalue weighted by Crippen LogP contribution is -2.37. The number of thiophene rings is 1. The van der Waals surface area contributed by atoms with E-state index in [1.807, 2.05) is 13.8 Å². The Balaban J connectivity index is 0.00000264. The molecule has 0 radical (unpaired) electrons. The monoisotopic (exact) mass is 449 g/mol. The second kappa shape index (κ2) is 9.86. The minimum absolute atomic E-state index is 0. The highest BCUT2D eigenvalue weighted by atomic mass is 127. The molecule has 2 N–H and O–H groups in total. The van der Waals surface area contributed by atoms with Crippen LogP contribution in [-0.2, 0) is 13.0 Å². The molecule has 2 rings (SSSR count). The largest absolute Gasteiger partial charge is 0.356 e. The lowest BCUT2D eigenvalue weighted by molar-refractivity contribution is 0.371. The lowest BCUT2D eigenvalue weighted by Gasteiger charge is -2.10. The lowest BCUT2D eigenvalue weighted by atomic mass is 10.2. The van der Waals surface area contributed by atoms with Gasteiger partial charge in [0, 0.05) is 35.7 Å². The summed E-state index contributed by atoms with van der Waals surface area (Å²) in [5.74, 6) is 2.47. The second-order valence-corrected chi connectivity index (χ2v) is 6.69. The molecule has 0 aromatic carbocycles. The average molecular weight is 449 g/mol. The van der Waals surface area contributed by atoms with Crippen molar-refractivity contribution < 1.29 is 4.52 Å². The maximum Gasteiger partial charge on any atom is 0.228 e. The number of halogens is 1. The van der Waals surface area contributed by atoms with Crippen LogP contribution < -0.4 is 10.6 Å². The van der Waals surface area contributed by atoms with Gasteiger partial charge in [0.05, 0.1) is 6.54 Å². The molecule has 0 atom stereocenters. The van der Waals surface area contributed by atoms with Gasteiger partial charge in [0.2, 0.25) is 5.89 Å². The van der Waals surface area contributed by atoms with E-state index in [1.165, 1.54) is 9.75 Å². The zero-order valence-corrected chi connectivity index (χ0v) is 17.1. The topological polar surface area (TPSA) is 75.3 Å². The zero-order chi connectivity index (χ0) is 15.9. The third kappa shape index (κ3) is 6.46. The van der Waals surface area contributed by atoms with Gasteiger partial charge in [-0.1, -0.05) is 19.0 Å². The minimum atomic E-state index is 0. The summed E-state index contributed by atoms with van der Waals surface area (Å²) in [7, 11) is 1.76. The highest BCUT2D eigenvalue weighted by Crippen LogP contribution is 2.14. The molecule has 8 heteroatoms. The summed E-state index contributed by atoms with van der Waals surface area (Å²) < 4.78 is 5.21. The summed E-state index contributed by atoms with van der Waals surface area (Å²) in [6.07, 6.45) is 0.679. The molecule has 0 aliphatic rings. The standard InChI is InChI=1S/C15H23N5OS.HI/c1-10(2)14-19-13(21-20-14)7-8-17-15(16-4)18-9-12-6-5-11(3)22-12;/h5-6,10H,7-9H2,1-4H3,(H2,16,17,18);1H. The van der Waals surface area contributed by atoms with Crippen molar-refractivity contribution in [2.45, 2.75) is 39.7 Å². The number of aromatic nitrogens is 2. The summed E-state index contributed by atoms with van der Waals surface area (Å²) in [6, 6.07) is 4.26. The van der Waals surface area contributed by atoms with Crippen LogP contribution in [0.25, 0.3) is 0 Å². The summed E-state index contributed by atoms with van der Waals surface area (Å²) >= 11 is 1.79. The molecule has 128 valence electrons. The van der Waals surface area contributed by atoms with E-state index in [9.17, 15) is 0 Å². The van der Waals surface area contributed by atoms with Crippen molar-refractivity contribution in [1.82, 2.24) is 20.8 Å². The predicted octanol–water partition coefficient (Wildman–Crippen LogP) is 3.09. The van der Waals surface area contributed by atoms with Crippen molar-refractivity contribution in [3.8, 4) is 0 Å². The molecule has 2 aromatic rings. The van der Waals surface area contributed by atoms with Gasteiger partial charge in [-0.15, -0.1) is 35.3 Å². The van der Waals surface area contributed by atoms with Crippen LogP contribution in [-0.4, -0.2) is 29.7 Å². The normalized spacial score (nSPS) is 11.4. The van der Waals surface area contributed by atoms with Crippen LogP contribution in [0.4, 0.5) is 0 Å². The third-order valence-corrected chi connectivity index (χ3v) is 4.08. The molecule has 0 aliphatic heterocycles. The molecule has 2 aromatic heterocycles. The van der Waals surface area contributed by atoms with Gasteiger partial charge in [-0.25, -0.2) is 0 Å². The van der Waals surface area contributed by atoms with Crippen LogP contribution in [0.1, 0.15) is 41.2 Å². The van der Waals surface area contributed by atoms with Crippen LogP contribution >= 0.6 is 35.3 Å². The van der Waals surface area contributed by atoms with Gasteiger partial charge in [-0.2, -0.15) is 4.98 Å². The van der Waals surface area contributed by atoms with Crippen LogP contribution in [0.2, 0.25) is 0 Å². The molecule has 0 bridgehead atoms. The Hall–Kier alpha value is -1.16. The quantitative estimate of drug-likeness (QED) is 0.403. The van der Waals surface area contributed by atoms with Gasteiger partial charge in [0.25, 0.3) is 0 Å². The second-order valence-electron chi connectivity index (χ2n) is 5.32. The number of nitrogens with one attached hydrogen (secondary N) is 2. The Morgan fingerprint density at radius 2 is 2.13 bits per heavy atom. The van der Waals surface area contributed by atoms with Crippen molar-refractivity contribution in [3.05, 3.63) is 33.6 Å². The SMILES string of the molecule is CN=C(NCCc1nc(C(C)C)no1)NCc1ccc(C)s1.I. The van der Waals surface area contributed by atoms with E-state index >= 15 is 0 Å². The zero-order valence-electron chi connectivity index (χ0n) is 13.9. The summed E-state index contributed by atoms with van der Waals surface area (Å²) in [5.41, 5.74) is 0. The van der Waals surface area contributed by atoms with E-state index in [2.05, 4.69) is 44.8 Å². The summed E-state index contributed by atoms with van der Waals surface area (Å²) in [4.78, 5) is 11.2. The maximum atomic E-state index is 5.21. The number of aliphatic imine (C=N–C) groups is 1. The van der Waals surface area contributed by atoms with Gasteiger partial charge in [0.1, 0.15) is 0 Å². The fourth-order valence-corrected chi connectivity index (χ4v) is 2.69. The molecule has 0 spiro atoms.